The molecule has 0 aliphatic heterocycles. The zero-order valence-corrected chi connectivity index (χ0v) is 19.5. The summed E-state index contributed by atoms with van der Waals surface area (Å²) in [5, 5.41) is 6.77. The predicted molar refractivity (Wildman–Crippen MR) is 125 cm³/mol. The van der Waals surface area contributed by atoms with Crippen LogP contribution in [0.4, 0.5) is 0 Å². The number of nitrogens with one attached hydrogen (secondary N) is 2. The Kier molecular flexibility index (Phi) is 12.7. The third-order valence-corrected chi connectivity index (χ3v) is 4.83. The molecule has 1 aromatic carbocycles. The van der Waals surface area contributed by atoms with Crippen LogP contribution in [-0.4, -0.2) is 51.3 Å². The smallest absolute Gasteiger partial charge is 0.191 e. The van der Waals surface area contributed by atoms with E-state index in [0.717, 1.165) is 32.2 Å². The van der Waals surface area contributed by atoms with Gasteiger partial charge < -0.3 is 20.3 Å². The summed E-state index contributed by atoms with van der Waals surface area (Å²) in [6.45, 7) is 3.24. The van der Waals surface area contributed by atoms with Crippen LogP contribution in [0, 0.1) is 0 Å². The number of hydrogen-bond acceptors (Lipinski definition) is 3. The molecule has 0 atom stereocenters. The molecule has 1 aliphatic carbocycles. The van der Waals surface area contributed by atoms with E-state index in [1.54, 1.807) is 0 Å². The molecule has 1 aromatic rings. The Labute approximate surface area is 182 Å². The minimum atomic E-state index is 0. The highest BCUT2D eigenvalue weighted by Crippen LogP contribution is 2.19. The van der Waals surface area contributed by atoms with Crippen molar-refractivity contribution in [2.24, 2.45) is 4.99 Å². The molecule has 0 bridgehead atoms. The Hall–Kier alpha value is -0.860. The van der Waals surface area contributed by atoms with E-state index in [1.165, 1.54) is 49.7 Å². The van der Waals surface area contributed by atoms with E-state index in [-0.39, 0.29) is 24.0 Å². The number of ether oxygens (including phenoxy) is 1. The SMILES string of the molecule is CN=C(NCCOC1CCCCCC1)NCc1ccccc1CN(C)C.I. The van der Waals surface area contributed by atoms with E-state index in [1.807, 2.05) is 7.05 Å². The topological polar surface area (TPSA) is 48.9 Å². The number of nitrogens with zero attached hydrogens (tertiary/aromatic N) is 2. The number of benzene rings is 1. The average Bonchev–Trinajstić information content (AvgIpc) is 2.90. The Bertz CT molecular complexity index is 543. The van der Waals surface area contributed by atoms with Gasteiger partial charge in [-0.2, -0.15) is 0 Å². The average molecular weight is 488 g/mol. The van der Waals surface area contributed by atoms with E-state index in [0.29, 0.717) is 6.10 Å². The molecule has 0 saturated heterocycles. The summed E-state index contributed by atoms with van der Waals surface area (Å²) in [7, 11) is 6.01. The van der Waals surface area contributed by atoms with Crippen molar-refractivity contribution in [1.29, 1.82) is 0 Å². The second-order valence-corrected chi connectivity index (χ2v) is 7.34. The fourth-order valence-electron chi connectivity index (χ4n) is 3.43. The molecule has 0 aromatic heterocycles. The molecule has 1 aliphatic rings. The van der Waals surface area contributed by atoms with Gasteiger partial charge in [0.05, 0.1) is 12.7 Å². The molecule has 0 amide bonds. The molecule has 2 rings (SSSR count). The van der Waals surface area contributed by atoms with Crippen LogP contribution in [0.3, 0.4) is 0 Å². The molecule has 27 heavy (non-hydrogen) atoms. The first-order valence-corrected chi connectivity index (χ1v) is 9.96. The first kappa shape index (κ1) is 24.2. The van der Waals surface area contributed by atoms with Crippen LogP contribution in [0.2, 0.25) is 0 Å². The standard InChI is InChI=1S/C21H36N4O.HI/c1-22-21(23-14-15-26-20-12-6-4-5-7-13-20)24-16-18-10-8-9-11-19(18)17-25(2)3;/h8-11,20H,4-7,12-17H2,1-3H3,(H2,22,23,24);1H. The van der Waals surface area contributed by atoms with Crippen LogP contribution < -0.4 is 10.6 Å². The van der Waals surface area contributed by atoms with Crippen LogP contribution in [0.5, 0.6) is 0 Å². The summed E-state index contributed by atoms with van der Waals surface area (Å²) in [5.41, 5.74) is 2.65. The molecule has 1 saturated carbocycles. The van der Waals surface area contributed by atoms with Crippen LogP contribution in [0.15, 0.2) is 29.3 Å². The molecule has 5 nitrogen and oxygen atoms in total. The van der Waals surface area contributed by atoms with Gasteiger partial charge >= 0.3 is 0 Å². The zero-order valence-electron chi connectivity index (χ0n) is 17.2. The normalized spacial score (nSPS) is 15.9. The number of rotatable bonds is 8. The van der Waals surface area contributed by atoms with Crippen molar-refractivity contribution in [1.82, 2.24) is 15.5 Å². The van der Waals surface area contributed by atoms with Crippen molar-refractivity contribution in [3.8, 4) is 0 Å². The van der Waals surface area contributed by atoms with Crippen molar-refractivity contribution in [2.45, 2.75) is 57.7 Å². The Morgan fingerprint density at radius 1 is 1.07 bits per heavy atom. The molecule has 2 N–H and O–H groups in total. The maximum absolute atomic E-state index is 6.03. The molecule has 0 unspecified atom stereocenters. The van der Waals surface area contributed by atoms with E-state index >= 15 is 0 Å². The van der Waals surface area contributed by atoms with Crippen molar-refractivity contribution in [3.63, 3.8) is 0 Å². The van der Waals surface area contributed by atoms with Crippen molar-refractivity contribution in [2.75, 3.05) is 34.3 Å². The van der Waals surface area contributed by atoms with Gasteiger partial charge in [-0.3, -0.25) is 4.99 Å². The van der Waals surface area contributed by atoms with Gasteiger partial charge in [0.25, 0.3) is 0 Å². The van der Waals surface area contributed by atoms with Gasteiger partial charge in [-0.25, -0.2) is 0 Å². The van der Waals surface area contributed by atoms with Crippen LogP contribution >= 0.6 is 24.0 Å². The monoisotopic (exact) mass is 488 g/mol. The molecule has 0 heterocycles. The Morgan fingerprint density at radius 3 is 2.37 bits per heavy atom. The van der Waals surface area contributed by atoms with Gasteiger partial charge in [-0.15, -0.1) is 24.0 Å². The van der Waals surface area contributed by atoms with Gasteiger partial charge in [0, 0.05) is 26.7 Å². The maximum atomic E-state index is 6.03. The summed E-state index contributed by atoms with van der Waals surface area (Å²) in [6.07, 6.45) is 8.24. The van der Waals surface area contributed by atoms with Crippen LogP contribution in [0.25, 0.3) is 0 Å². The van der Waals surface area contributed by atoms with Gasteiger partial charge in [-0.05, 0) is 38.1 Å². The van der Waals surface area contributed by atoms with Crippen molar-refractivity contribution >= 4 is 29.9 Å². The molecular weight excluding hydrogens is 451 g/mol. The van der Waals surface area contributed by atoms with Gasteiger partial charge in [0.15, 0.2) is 5.96 Å². The summed E-state index contributed by atoms with van der Waals surface area (Å²) in [4.78, 5) is 6.51. The van der Waals surface area contributed by atoms with Gasteiger partial charge in [-0.1, -0.05) is 49.9 Å². The third-order valence-electron chi connectivity index (χ3n) is 4.83. The van der Waals surface area contributed by atoms with E-state index in [4.69, 9.17) is 4.74 Å². The van der Waals surface area contributed by atoms with Crippen molar-refractivity contribution in [3.05, 3.63) is 35.4 Å². The van der Waals surface area contributed by atoms with E-state index in [9.17, 15) is 0 Å². The molecule has 6 heteroatoms. The number of aliphatic imine (C=N–C) groups is 1. The summed E-state index contributed by atoms with van der Waals surface area (Å²) in [5.74, 6) is 0.828. The lowest BCUT2D eigenvalue weighted by atomic mass is 10.1. The lowest BCUT2D eigenvalue weighted by Gasteiger charge is -2.18. The fraction of sp³-hybridized carbons (Fsp3) is 0.667. The number of hydrogen-bond donors (Lipinski definition) is 2. The highest BCUT2D eigenvalue weighted by molar-refractivity contribution is 14.0. The number of halogens is 1. The minimum Gasteiger partial charge on any atom is -0.376 e. The van der Waals surface area contributed by atoms with Crippen LogP contribution in [-0.2, 0) is 17.8 Å². The van der Waals surface area contributed by atoms with E-state index < -0.39 is 0 Å². The molecule has 0 spiro atoms. The molecular formula is C21H37IN4O. The first-order valence-electron chi connectivity index (χ1n) is 9.96. The maximum Gasteiger partial charge on any atom is 0.191 e. The summed E-state index contributed by atoms with van der Waals surface area (Å²) in [6, 6.07) is 8.55. The lowest BCUT2D eigenvalue weighted by molar-refractivity contribution is 0.0468. The zero-order chi connectivity index (χ0) is 18.6. The largest absolute Gasteiger partial charge is 0.376 e. The van der Waals surface area contributed by atoms with E-state index in [2.05, 4.69) is 58.9 Å². The Balaban J connectivity index is 0.00000364. The second-order valence-electron chi connectivity index (χ2n) is 7.34. The summed E-state index contributed by atoms with van der Waals surface area (Å²) >= 11 is 0. The highest BCUT2D eigenvalue weighted by atomic mass is 127. The first-order chi connectivity index (χ1) is 12.7. The Morgan fingerprint density at radius 2 is 1.74 bits per heavy atom. The fourth-order valence-corrected chi connectivity index (χ4v) is 3.43. The second kappa shape index (κ2) is 14.2. The van der Waals surface area contributed by atoms with Crippen molar-refractivity contribution < 1.29 is 4.74 Å². The lowest BCUT2D eigenvalue weighted by Crippen LogP contribution is -2.39. The third kappa shape index (κ3) is 9.76. The molecule has 154 valence electrons. The predicted octanol–water partition coefficient (Wildman–Crippen LogP) is 3.77. The minimum absolute atomic E-state index is 0. The highest BCUT2D eigenvalue weighted by Gasteiger charge is 2.12. The quantitative estimate of drug-likeness (QED) is 0.192. The number of guanidine groups is 1. The molecule has 0 radical (unpaired) electrons. The molecule has 1 fully saturated rings. The van der Waals surface area contributed by atoms with Crippen LogP contribution in [0.1, 0.15) is 49.7 Å². The van der Waals surface area contributed by atoms with Gasteiger partial charge in [0.2, 0.25) is 0 Å². The summed E-state index contributed by atoms with van der Waals surface area (Å²) < 4.78 is 6.03. The van der Waals surface area contributed by atoms with Gasteiger partial charge in [0.1, 0.15) is 0 Å².